The molecule has 0 aliphatic carbocycles. The summed E-state index contributed by atoms with van der Waals surface area (Å²) in [7, 11) is 0. The Morgan fingerprint density at radius 3 is 2.42 bits per heavy atom. The lowest BCUT2D eigenvalue weighted by molar-refractivity contribution is 0.0893. The van der Waals surface area contributed by atoms with Gasteiger partial charge in [0, 0.05) is 31.6 Å². The van der Waals surface area contributed by atoms with Crippen molar-refractivity contribution < 1.29 is 14.7 Å². The van der Waals surface area contributed by atoms with Crippen LogP contribution >= 0.6 is 27.7 Å². The standard InChI is InChI=1S/C20H14BrNO3S/c21-12-3-1-4-13(11-12)22-19(24)15-6-2-5-14-17(26-10-9-23)8-7-16(18(14)15)20(22)25/h1-8,11,23H,9-10H2. The first-order valence-electron chi connectivity index (χ1n) is 8.05. The largest absolute Gasteiger partial charge is 0.396 e. The number of benzene rings is 3. The van der Waals surface area contributed by atoms with Gasteiger partial charge in [0.2, 0.25) is 0 Å². The molecule has 0 spiro atoms. The van der Waals surface area contributed by atoms with Gasteiger partial charge in [0.1, 0.15) is 0 Å². The smallest absolute Gasteiger partial charge is 0.265 e. The van der Waals surface area contributed by atoms with Crippen LogP contribution in [0.5, 0.6) is 0 Å². The van der Waals surface area contributed by atoms with Gasteiger partial charge in [-0.1, -0.05) is 34.1 Å². The summed E-state index contributed by atoms with van der Waals surface area (Å²) in [5, 5.41) is 10.7. The minimum Gasteiger partial charge on any atom is -0.396 e. The summed E-state index contributed by atoms with van der Waals surface area (Å²) in [6.07, 6.45) is 0. The van der Waals surface area contributed by atoms with E-state index in [1.165, 1.54) is 16.7 Å². The molecule has 4 nitrogen and oxygen atoms in total. The Hall–Kier alpha value is -2.15. The molecule has 0 fully saturated rings. The van der Waals surface area contributed by atoms with Gasteiger partial charge in [0.15, 0.2) is 0 Å². The summed E-state index contributed by atoms with van der Waals surface area (Å²) in [4.78, 5) is 28.4. The number of imide groups is 1. The second kappa shape index (κ2) is 6.87. The number of aliphatic hydroxyl groups excluding tert-OH is 1. The fraction of sp³-hybridized carbons (Fsp3) is 0.100. The van der Waals surface area contributed by atoms with Gasteiger partial charge >= 0.3 is 0 Å². The topological polar surface area (TPSA) is 57.6 Å². The van der Waals surface area contributed by atoms with Crippen molar-refractivity contribution in [2.75, 3.05) is 17.3 Å². The Morgan fingerprint density at radius 2 is 1.69 bits per heavy atom. The molecule has 6 heteroatoms. The molecule has 0 aromatic heterocycles. The SMILES string of the molecule is O=C1c2cccc3c(SCCO)ccc(c23)C(=O)N1c1cccc(Br)c1. The number of aliphatic hydroxyl groups is 1. The molecule has 1 aliphatic heterocycles. The van der Waals surface area contributed by atoms with Crippen molar-refractivity contribution in [3.8, 4) is 0 Å². The maximum atomic E-state index is 13.1. The number of thioether (sulfide) groups is 1. The number of carbonyl (C=O) groups excluding carboxylic acids is 2. The Kier molecular flexibility index (Phi) is 4.56. The zero-order valence-electron chi connectivity index (χ0n) is 13.6. The van der Waals surface area contributed by atoms with Crippen LogP contribution in [0, 0.1) is 0 Å². The molecular weight excluding hydrogens is 414 g/mol. The van der Waals surface area contributed by atoms with Gasteiger partial charge < -0.3 is 5.11 Å². The van der Waals surface area contributed by atoms with E-state index in [9.17, 15) is 9.59 Å². The number of carbonyl (C=O) groups is 2. The molecule has 1 heterocycles. The normalized spacial score (nSPS) is 13.5. The fourth-order valence-electron chi connectivity index (χ4n) is 3.20. The first-order valence-corrected chi connectivity index (χ1v) is 9.83. The fourth-order valence-corrected chi connectivity index (χ4v) is 4.39. The van der Waals surface area contributed by atoms with E-state index in [1.807, 2.05) is 24.3 Å². The third-order valence-corrected chi connectivity index (χ3v) is 5.83. The van der Waals surface area contributed by atoms with Crippen molar-refractivity contribution in [2.45, 2.75) is 4.90 Å². The van der Waals surface area contributed by atoms with Gasteiger partial charge in [-0.2, -0.15) is 0 Å². The molecule has 0 saturated carbocycles. The van der Waals surface area contributed by atoms with Crippen LogP contribution in [0.25, 0.3) is 10.8 Å². The zero-order chi connectivity index (χ0) is 18.3. The Labute approximate surface area is 162 Å². The van der Waals surface area contributed by atoms with Crippen molar-refractivity contribution in [3.63, 3.8) is 0 Å². The van der Waals surface area contributed by atoms with Crippen LogP contribution in [0.15, 0.2) is 64.0 Å². The molecule has 0 radical (unpaired) electrons. The van der Waals surface area contributed by atoms with Gasteiger partial charge in [-0.25, -0.2) is 4.90 Å². The van der Waals surface area contributed by atoms with E-state index in [1.54, 1.807) is 30.3 Å². The summed E-state index contributed by atoms with van der Waals surface area (Å²) in [6.45, 7) is 0.0716. The minimum atomic E-state index is -0.324. The molecule has 0 unspecified atom stereocenters. The molecule has 3 aromatic carbocycles. The molecule has 0 bridgehead atoms. The van der Waals surface area contributed by atoms with Crippen LogP contribution in [-0.4, -0.2) is 29.3 Å². The molecule has 3 aromatic rings. The Bertz CT molecular complexity index is 1030. The molecule has 4 rings (SSSR count). The molecule has 130 valence electrons. The summed E-state index contributed by atoms with van der Waals surface area (Å²) in [5.74, 6) is -0.0870. The third-order valence-electron chi connectivity index (χ3n) is 4.28. The maximum absolute atomic E-state index is 13.1. The van der Waals surface area contributed by atoms with Gasteiger partial charge in [0.05, 0.1) is 12.3 Å². The second-order valence-corrected chi connectivity index (χ2v) is 7.89. The number of nitrogens with zero attached hydrogens (tertiary/aromatic N) is 1. The van der Waals surface area contributed by atoms with Gasteiger partial charge in [-0.15, -0.1) is 11.8 Å². The molecule has 2 amide bonds. The van der Waals surface area contributed by atoms with Crippen LogP contribution in [0.1, 0.15) is 20.7 Å². The Morgan fingerprint density at radius 1 is 0.962 bits per heavy atom. The highest BCUT2D eigenvalue weighted by molar-refractivity contribution is 9.10. The number of rotatable bonds is 4. The van der Waals surface area contributed by atoms with Crippen molar-refractivity contribution in [1.29, 1.82) is 0 Å². The predicted octanol–water partition coefficient (Wildman–Crippen LogP) is 4.49. The van der Waals surface area contributed by atoms with Gasteiger partial charge in [-0.05, 0) is 41.8 Å². The summed E-state index contributed by atoms with van der Waals surface area (Å²) >= 11 is 4.90. The average molecular weight is 428 g/mol. The highest BCUT2D eigenvalue weighted by atomic mass is 79.9. The van der Waals surface area contributed by atoms with Crippen LogP contribution in [-0.2, 0) is 0 Å². The summed E-state index contributed by atoms with van der Waals surface area (Å²) in [5.41, 5.74) is 1.57. The lowest BCUT2D eigenvalue weighted by Crippen LogP contribution is -2.40. The zero-order valence-corrected chi connectivity index (χ0v) is 16.0. The number of amides is 2. The quantitative estimate of drug-likeness (QED) is 0.492. The molecular formula is C20H14BrNO3S. The first-order chi connectivity index (χ1) is 12.6. The highest BCUT2D eigenvalue weighted by Gasteiger charge is 2.34. The van der Waals surface area contributed by atoms with Crippen LogP contribution in [0.2, 0.25) is 0 Å². The van der Waals surface area contributed by atoms with Crippen LogP contribution in [0.3, 0.4) is 0 Å². The lowest BCUT2D eigenvalue weighted by Gasteiger charge is -2.27. The van der Waals surface area contributed by atoms with Gasteiger partial charge in [0.25, 0.3) is 11.8 Å². The molecule has 1 N–H and O–H groups in total. The van der Waals surface area contributed by atoms with E-state index in [0.29, 0.717) is 28.0 Å². The van der Waals surface area contributed by atoms with Crippen molar-refractivity contribution >= 4 is 56.0 Å². The van der Waals surface area contributed by atoms with Crippen LogP contribution in [0.4, 0.5) is 5.69 Å². The number of hydrogen-bond acceptors (Lipinski definition) is 4. The van der Waals surface area contributed by atoms with E-state index in [4.69, 9.17) is 5.11 Å². The highest BCUT2D eigenvalue weighted by Crippen LogP contribution is 2.37. The summed E-state index contributed by atoms with van der Waals surface area (Å²) in [6, 6.07) is 16.3. The van der Waals surface area contributed by atoms with Crippen molar-refractivity contribution in [3.05, 3.63) is 70.2 Å². The first kappa shape index (κ1) is 17.3. The van der Waals surface area contributed by atoms with Crippen molar-refractivity contribution in [1.82, 2.24) is 0 Å². The van der Waals surface area contributed by atoms with E-state index in [-0.39, 0.29) is 18.4 Å². The number of halogens is 1. The van der Waals surface area contributed by atoms with Crippen LogP contribution < -0.4 is 4.90 Å². The molecule has 1 aliphatic rings. The minimum absolute atomic E-state index is 0.0716. The van der Waals surface area contributed by atoms with Gasteiger partial charge in [-0.3, -0.25) is 9.59 Å². The number of hydrogen-bond donors (Lipinski definition) is 1. The second-order valence-electron chi connectivity index (χ2n) is 5.84. The van der Waals surface area contributed by atoms with E-state index >= 15 is 0 Å². The maximum Gasteiger partial charge on any atom is 0.265 e. The molecule has 26 heavy (non-hydrogen) atoms. The third kappa shape index (κ3) is 2.74. The monoisotopic (exact) mass is 427 g/mol. The predicted molar refractivity (Wildman–Crippen MR) is 107 cm³/mol. The average Bonchev–Trinajstić information content (AvgIpc) is 2.65. The lowest BCUT2D eigenvalue weighted by atomic mass is 9.93. The van der Waals surface area contributed by atoms with E-state index < -0.39 is 0 Å². The molecule has 0 saturated heterocycles. The van der Waals surface area contributed by atoms with E-state index in [0.717, 1.165) is 14.8 Å². The van der Waals surface area contributed by atoms with E-state index in [2.05, 4.69) is 15.9 Å². The Balaban J connectivity index is 1.91. The molecule has 0 atom stereocenters. The van der Waals surface area contributed by atoms with Crippen molar-refractivity contribution in [2.24, 2.45) is 0 Å². The summed E-state index contributed by atoms with van der Waals surface area (Å²) < 4.78 is 0.801. The number of anilines is 1.